The van der Waals surface area contributed by atoms with E-state index in [1.165, 1.54) is 25.7 Å². The smallest absolute Gasteiger partial charge is 0.246 e. The lowest BCUT2D eigenvalue weighted by Gasteiger charge is -2.41. The second-order valence-electron chi connectivity index (χ2n) is 8.63. The zero-order valence-corrected chi connectivity index (χ0v) is 17.3. The molecule has 0 bridgehead atoms. The Morgan fingerprint density at radius 1 is 0.828 bits per heavy atom. The first-order chi connectivity index (χ1) is 14.2. The molecule has 5 nitrogen and oxygen atoms in total. The van der Waals surface area contributed by atoms with E-state index in [4.69, 9.17) is 0 Å². The zero-order valence-electron chi connectivity index (χ0n) is 17.3. The van der Waals surface area contributed by atoms with Gasteiger partial charge in [0.05, 0.1) is 6.04 Å². The third kappa shape index (κ3) is 4.89. The number of nitrogens with zero attached hydrogens (tertiary/aromatic N) is 3. The van der Waals surface area contributed by atoms with Gasteiger partial charge in [0.2, 0.25) is 11.8 Å². The van der Waals surface area contributed by atoms with E-state index in [0.29, 0.717) is 24.9 Å². The molecule has 2 heterocycles. The molecule has 1 aromatic rings. The van der Waals surface area contributed by atoms with Crippen molar-refractivity contribution >= 4 is 17.9 Å². The van der Waals surface area contributed by atoms with Gasteiger partial charge in [0, 0.05) is 45.3 Å². The molecule has 2 saturated heterocycles. The van der Waals surface area contributed by atoms with Gasteiger partial charge in [-0.1, -0.05) is 43.2 Å². The Labute approximate surface area is 174 Å². The Kier molecular flexibility index (Phi) is 6.65. The fraction of sp³-hybridized carbons (Fsp3) is 0.583. The first-order valence-corrected chi connectivity index (χ1v) is 11.3. The van der Waals surface area contributed by atoms with Crippen LogP contribution in [0.5, 0.6) is 0 Å². The van der Waals surface area contributed by atoms with Crippen LogP contribution in [0.3, 0.4) is 0 Å². The Balaban J connectivity index is 1.36. The quantitative estimate of drug-likeness (QED) is 0.720. The second kappa shape index (κ2) is 9.57. The van der Waals surface area contributed by atoms with Crippen molar-refractivity contribution in [3.63, 3.8) is 0 Å². The summed E-state index contributed by atoms with van der Waals surface area (Å²) in [5.74, 6) is 0.901. The van der Waals surface area contributed by atoms with Gasteiger partial charge in [-0.3, -0.25) is 14.5 Å². The molecule has 0 radical (unpaired) electrons. The van der Waals surface area contributed by atoms with Crippen molar-refractivity contribution in [3.05, 3.63) is 42.0 Å². The molecule has 0 aromatic heterocycles. The normalized spacial score (nSPS) is 22.5. The molecule has 2 aliphatic heterocycles. The number of carbonyl (C=O) groups is 2. The van der Waals surface area contributed by atoms with Crippen molar-refractivity contribution in [2.75, 3.05) is 39.3 Å². The van der Waals surface area contributed by atoms with Gasteiger partial charge in [0.25, 0.3) is 0 Å². The van der Waals surface area contributed by atoms with Gasteiger partial charge in [-0.05, 0) is 43.2 Å². The molecule has 2 amide bonds. The molecule has 0 N–H and O–H groups in total. The van der Waals surface area contributed by atoms with Gasteiger partial charge in [0.1, 0.15) is 0 Å². The maximum absolute atomic E-state index is 13.3. The van der Waals surface area contributed by atoms with Gasteiger partial charge in [-0.25, -0.2) is 0 Å². The highest BCUT2D eigenvalue weighted by molar-refractivity contribution is 5.91. The van der Waals surface area contributed by atoms with E-state index in [1.54, 1.807) is 6.08 Å². The van der Waals surface area contributed by atoms with Crippen LogP contribution in [0.15, 0.2) is 36.4 Å². The molecule has 5 heteroatoms. The fourth-order valence-corrected chi connectivity index (χ4v) is 5.11. The number of benzene rings is 1. The highest BCUT2D eigenvalue weighted by atomic mass is 16.2. The van der Waals surface area contributed by atoms with E-state index in [9.17, 15) is 9.59 Å². The molecule has 3 fully saturated rings. The van der Waals surface area contributed by atoms with E-state index >= 15 is 0 Å². The monoisotopic (exact) mass is 395 g/mol. The molecular formula is C24H33N3O2. The van der Waals surface area contributed by atoms with E-state index in [2.05, 4.69) is 9.80 Å². The Morgan fingerprint density at radius 2 is 1.48 bits per heavy atom. The number of carbonyl (C=O) groups excluding carboxylic acids is 2. The first kappa shape index (κ1) is 20.1. The first-order valence-electron chi connectivity index (χ1n) is 11.3. The molecule has 29 heavy (non-hydrogen) atoms. The maximum atomic E-state index is 13.3. The number of amides is 2. The molecule has 1 unspecified atom stereocenters. The summed E-state index contributed by atoms with van der Waals surface area (Å²) in [6, 6.07) is 9.94. The summed E-state index contributed by atoms with van der Waals surface area (Å²) in [7, 11) is 0. The molecule has 1 aromatic carbocycles. The summed E-state index contributed by atoms with van der Waals surface area (Å²) >= 11 is 0. The van der Waals surface area contributed by atoms with Crippen LogP contribution in [0.2, 0.25) is 0 Å². The maximum Gasteiger partial charge on any atom is 0.246 e. The van der Waals surface area contributed by atoms with Crippen molar-refractivity contribution in [1.29, 1.82) is 0 Å². The third-order valence-electron chi connectivity index (χ3n) is 6.75. The van der Waals surface area contributed by atoms with Crippen LogP contribution in [0.4, 0.5) is 0 Å². The summed E-state index contributed by atoms with van der Waals surface area (Å²) < 4.78 is 0. The van der Waals surface area contributed by atoms with Crippen LogP contribution in [0.1, 0.15) is 44.1 Å². The van der Waals surface area contributed by atoms with Crippen LogP contribution in [-0.2, 0) is 9.59 Å². The van der Waals surface area contributed by atoms with Gasteiger partial charge in [-0.15, -0.1) is 0 Å². The number of hydrogen-bond donors (Lipinski definition) is 0. The van der Waals surface area contributed by atoms with Crippen molar-refractivity contribution in [1.82, 2.24) is 14.7 Å². The van der Waals surface area contributed by atoms with Gasteiger partial charge in [-0.2, -0.15) is 0 Å². The SMILES string of the molecule is O=C(/C=C/c1ccccc1)N1CCN(C(C(=O)N2CCCC2)C2CCCC2)CC1. The van der Waals surface area contributed by atoms with Crippen molar-refractivity contribution in [2.45, 2.75) is 44.6 Å². The van der Waals surface area contributed by atoms with Crippen molar-refractivity contribution in [3.8, 4) is 0 Å². The second-order valence-corrected chi connectivity index (χ2v) is 8.63. The molecule has 4 rings (SSSR count). The summed E-state index contributed by atoms with van der Waals surface area (Å²) in [6.07, 6.45) is 10.7. The van der Waals surface area contributed by atoms with Crippen molar-refractivity contribution < 1.29 is 9.59 Å². The predicted octanol–water partition coefficient (Wildman–Crippen LogP) is 3.03. The topological polar surface area (TPSA) is 43.9 Å². The van der Waals surface area contributed by atoms with Gasteiger partial charge >= 0.3 is 0 Å². The number of hydrogen-bond acceptors (Lipinski definition) is 3. The summed E-state index contributed by atoms with van der Waals surface area (Å²) in [6.45, 7) is 4.84. The van der Waals surface area contributed by atoms with Gasteiger partial charge < -0.3 is 9.80 Å². The number of likely N-dealkylation sites (tertiary alicyclic amines) is 1. The minimum absolute atomic E-state index is 0.0210. The van der Waals surface area contributed by atoms with E-state index in [1.807, 2.05) is 41.3 Å². The lowest BCUT2D eigenvalue weighted by Crippen LogP contribution is -2.58. The molecule has 3 aliphatic rings. The Morgan fingerprint density at radius 3 is 2.14 bits per heavy atom. The van der Waals surface area contributed by atoms with Crippen LogP contribution in [0, 0.1) is 5.92 Å². The van der Waals surface area contributed by atoms with E-state index < -0.39 is 0 Å². The van der Waals surface area contributed by atoms with Crippen LogP contribution in [-0.4, -0.2) is 71.8 Å². The third-order valence-corrected chi connectivity index (χ3v) is 6.75. The minimum Gasteiger partial charge on any atom is -0.341 e. The van der Waals surface area contributed by atoms with E-state index in [-0.39, 0.29) is 11.9 Å². The molecular weight excluding hydrogens is 362 g/mol. The summed E-state index contributed by atoms with van der Waals surface area (Å²) in [4.78, 5) is 32.3. The standard InChI is InChI=1S/C24H33N3O2/c28-22(13-12-20-8-2-1-3-9-20)25-16-18-26(19-17-25)23(21-10-4-5-11-21)24(29)27-14-6-7-15-27/h1-3,8-9,12-13,21,23H,4-7,10-11,14-19H2/b13-12+. The lowest BCUT2D eigenvalue weighted by atomic mass is 9.94. The minimum atomic E-state index is 0.0210. The average Bonchev–Trinajstić information content (AvgIpc) is 3.48. The predicted molar refractivity (Wildman–Crippen MR) is 115 cm³/mol. The summed E-state index contributed by atoms with van der Waals surface area (Å²) in [5, 5.41) is 0. The highest BCUT2D eigenvalue weighted by Gasteiger charge is 2.39. The molecule has 0 spiro atoms. The molecule has 1 saturated carbocycles. The highest BCUT2D eigenvalue weighted by Crippen LogP contribution is 2.32. The van der Waals surface area contributed by atoms with Crippen LogP contribution >= 0.6 is 0 Å². The van der Waals surface area contributed by atoms with Crippen molar-refractivity contribution in [2.24, 2.45) is 5.92 Å². The van der Waals surface area contributed by atoms with Gasteiger partial charge in [0.15, 0.2) is 0 Å². The van der Waals surface area contributed by atoms with E-state index in [0.717, 1.165) is 44.6 Å². The Bertz CT molecular complexity index is 713. The fourth-order valence-electron chi connectivity index (χ4n) is 5.11. The average molecular weight is 396 g/mol. The zero-order chi connectivity index (χ0) is 20.1. The summed E-state index contributed by atoms with van der Waals surface area (Å²) in [5.41, 5.74) is 1.04. The lowest BCUT2D eigenvalue weighted by molar-refractivity contribution is -0.139. The largest absolute Gasteiger partial charge is 0.341 e. The van der Waals surface area contributed by atoms with Crippen LogP contribution in [0.25, 0.3) is 6.08 Å². The molecule has 1 aliphatic carbocycles. The molecule has 156 valence electrons. The van der Waals surface area contributed by atoms with Crippen LogP contribution < -0.4 is 0 Å². The molecule has 1 atom stereocenters. The number of piperazine rings is 1. The number of rotatable bonds is 5. The Hall–Kier alpha value is -2.14.